The molecular weight excluding hydrogens is 270 g/mol. The lowest BCUT2D eigenvalue weighted by molar-refractivity contribution is -0.142. The second-order valence-corrected chi connectivity index (χ2v) is 5.85. The van der Waals surface area contributed by atoms with Crippen LogP contribution in [0.1, 0.15) is 32.4 Å². The molecule has 8 heteroatoms. The molecule has 0 saturated heterocycles. The zero-order chi connectivity index (χ0) is 14.3. The second kappa shape index (κ2) is 7.13. The van der Waals surface area contributed by atoms with E-state index in [-0.39, 0.29) is 24.6 Å². The molecule has 108 valence electrons. The second-order valence-electron chi connectivity index (χ2n) is 4.00. The zero-order valence-corrected chi connectivity index (χ0v) is 11.9. The van der Waals surface area contributed by atoms with Gasteiger partial charge in [0.2, 0.25) is 10.0 Å². The smallest absolute Gasteiger partial charge is 0.306 e. The third kappa shape index (κ3) is 5.73. The van der Waals surface area contributed by atoms with Crippen molar-refractivity contribution < 1.29 is 17.9 Å². The van der Waals surface area contributed by atoms with E-state index in [1.54, 1.807) is 13.0 Å². The van der Waals surface area contributed by atoms with Gasteiger partial charge < -0.3 is 4.74 Å². The highest BCUT2D eigenvalue weighted by Crippen LogP contribution is 2.09. The summed E-state index contributed by atoms with van der Waals surface area (Å²) in [5.41, 5.74) is 0.866. The Kier molecular flexibility index (Phi) is 5.81. The van der Waals surface area contributed by atoms with Crippen LogP contribution in [0.2, 0.25) is 0 Å². The predicted octanol–water partition coefficient (Wildman–Crippen LogP) is 1.06. The van der Waals surface area contributed by atoms with Gasteiger partial charge in [-0.25, -0.2) is 8.42 Å². The minimum atomic E-state index is -3.58. The van der Waals surface area contributed by atoms with E-state index in [2.05, 4.69) is 19.7 Å². The van der Waals surface area contributed by atoms with Gasteiger partial charge in [0.1, 0.15) is 0 Å². The van der Waals surface area contributed by atoms with Crippen LogP contribution in [0, 0.1) is 0 Å². The van der Waals surface area contributed by atoms with Crippen molar-refractivity contribution in [1.29, 1.82) is 0 Å². The normalized spacial score (nSPS) is 11.3. The first-order valence-corrected chi connectivity index (χ1v) is 7.82. The molecule has 1 aromatic heterocycles. The standard InChI is InChI=1S/C11H19N3O4S/c1-3-5-9-8-10(13-12-9)14-19(16,17)7-6-11(15)18-4-2/h8H,3-7H2,1-2H3,(H2,12,13,14). The predicted molar refractivity (Wildman–Crippen MR) is 71.2 cm³/mol. The Balaban J connectivity index is 2.51. The molecule has 0 aliphatic heterocycles. The average Bonchev–Trinajstić information content (AvgIpc) is 2.74. The summed E-state index contributed by atoms with van der Waals surface area (Å²) in [7, 11) is -3.58. The molecule has 0 unspecified atom stereocenters. The van der Waals surface area contributed by atoms with Gasteiger partial charge in [-0.1, -0.05) is 13.3 Å². The highest BCUT2D eigenvalue weighted by atomic mass is 32.2. The number of hydrogen-bond donors (Lipinski definition) is 2. The number of nitrogens with zero attached hydrogens (tertiary/aromatic N) is 1. The van der Waals surface area contributed by atoms with E-state index in [0.717, 1.165) is 18.5 Å². The lowest BCUT2D eigenvalue weighted by Crippen LogP contribution is -2.20. The molecule has 7 nitrogen and oxygen atoms in total. The van der Waals surface area contributed by atoms with E-state index < -0.39 is 16.0 Å². The summed E-state index contributed by atoms with van der Waals surface area (Å²) < 4.78 is 30.4. The van der Waals surface area contributed by atoms with E-state index in [0.29, 0.717) is 0 Å². The lowest BCUT2D eigenvalue weighted by Gasteiger charge is -2.04. The fourth-order valence-electron chi connectivity index (χ4n) is 1.47. The van der Waals surface area contributed by atoms with E-state index in [9.17, 15) is 13.2 Å². The first kappa shape index (κ1) is 15.5. The van der Waals surface area contributed by atoms with Crippen LogP contribution in [-0.2, 0) is 26.0 Å². The first-order valence-electron chi connectivity index (χ1n) is 6.17. The number of aryl methyl sites for hydroxylation is 1. The van der Waals surface area contributed by atoms with Crippen LogP contribution in [0.3, 0.4) is 0 Å². The van der Waals surface area contributed by atoms with Crippen molar-refractivity contribution in [3.8, 4) is 0 Å². The van der Waals surface area contributed by atoms with Gasteiger partial charge in [0.15, 0.2) is 5.82 Å². The fraction of sp³-hybridized carbons (Fsp3) is 0.636. The van der Waals surface area contributed by atoms with Gasteiger partial charge in [0, 0.05) is 11.8 Å². The van der Waals surface area contributed by atoms with E-state index in [4.69, 9.17) is 0 Å². The van der Waals surface area contributed by atoms with Crippen molar-refractivity contribution in [2.24, 2.45) is 0 Å². The van der Waals surface area contributed by atoms with Crippen molar-refractivity contribution in [2.45, 2.75) is 33.1 Å². The number of sulfonamides is 1. The van der Waals surface area contributed by atoms with Crippen molar-refractivity contribution in [3.05, 3.63) is 11.8 Å². The van der Waals surface area contributed by atoms with Crippen LogP contribution >= 0.6 is 0 Å². The quantitative estimate of drug-likeness (QED) is 0.697. The van der Waals surface area contributed by atoms with Crippen LogP contribution in [0.4, 0.5) is 5.82 Å². The SMILES string of the molecule is CCCc1cc(NS(=O)(=O)CCC(=O)OCC)n[nH]1. The molecule has 0 aliphatic carbocycles. The summed E-state index contributed by atoms with van der Waals surface area (Å²) >= 11 is 0. The molecule has 1 heterocycles. The molecule has 0 fully saturated rings. The number of nitrogens with one attached hydrogen (secondary N) is 2. The Morgan fingerprint density at radius 1 is 1.47 bits per heavy atom. The van der Waals surface area contributed by atoms with Gasteiger partial charge in [0.25, 0.3) is 0 Å². The summed E-state index contributed by atoms with van der Waals surface area (Å²) in [4.78, 5) is 11.1. The first-order chi connectivity index (χ1) is 8.96. The Hall–Kier alpha value is -1.57. The van der Waals surface area contributed by atoms with Gasteiger partial charge in [-0.3, -0.25) is 14.6 Å². The van der Waals surface area contributed by atoms with Gasteiger partial charge >= 0.3 is 5.97 Å². The van der Waals surface area contributed by atoms with Crippen LogP contribution < -0.4 is 4.72 Å². The highest BCUT2D eigenvalue weighted by molar-refractivity contribution is 7.92. The summed E-state index contributed by atoms with van der Waals surface area (Å²) in [6.45, 7) is 3.93. The molecule has 0 radical (unpaired) electrons. The number of rotatable bonds is 8. The minimum absolute atomic E-state index is 0.171. The molecule has 0 spiro atoms. The highest BCUT2D eigenvalue weighted by Gasteiger charge is 2.15. The molecule has 19 heavy (non-hydrogen) atoms. The van der Waals surface area contributed by atoms with E-state index in [1.807, 2.05) is 6.92 Å². The van der Waals surface area contributed by atoms with E-state index >= 15 is 0 Å². The monoisotopic (exact) mass is 289 g/mol. The van der Waals surface area contributed by atoms with Crippen LogP contribution in [0.15, 0.2) is 6.07 Å². The molecule has 0 saturated carbocycles. The number of ether oxygens (including phenoxy) is 1. The maximum Gasteiger partial charge on any atom is 0.306 e. The molecule has 0 aromatic carbocycles. The molecule has 0 amide bonds. The fourth-order valence-corrected chi connectivity index (χ4v) is 2.43. The summed E-state index contributed by atoms with van der Waals surface area (Å²) in [6.07, 6.45) is 1.57. The Labute approximate surface area is 112 Å². The summed E-state index contributed by atoms with van der Waals surface area (Å²) in [5.74, 6) is -0.601. The number of hydrogen-bond acceptors (Lipinski definition) is 5. The Bertz CT molecular complexity index is 510. The van der Waals surface area contributed by atoms with Gasteiger partial charge in [-0.15, -0.1) is 0 Å². The van der Waals surface area contributed by atoms with Gasteiger partial charge in [-0.05, 0) is 13.3 Å². The van der Waals surface area contributed by atoms with Crippen LogP contribution in [0.25, 0.3) is 0 Å². The minimum Gasteiger partial charge on any atom is -0.466 e. The maximum absolute atomic E-state index is 11.7. The molecule has 1 rings (SSSR count). The van der Waals surface area contributed by atoms with Crippen molar-refractivity contribution >= 4 is 21.8 Å². The maximum atomic E-state index is 11.7. The third-order valence-electron chi connectivity index (χ3n) is 2.29. The summed E-state index contributed by atoms with van der Waals surface area (Å²) in [6, 6.07) is 1.64. The molecule has 0 aliphatic rings. The molecule has 0 atom stereocenters. The topological polar surface area (TPSA) is 101 Å². The number of aromatic amines is 1. The Morgan fingerprint density at radius 2 is 2.21 bits per heavy atom. The van der Waals surface area contributed by atoms with Crippen molar-refractivity contribution in [1.82, 2.24) is 10.2 Å². The average molecular weight is 289 g/mol. The summed E-state index contributed by atoms with van der Waals surface area (Å²) in [5, 5.41) is 6.60. The number of aromatic nitrogens is 2. The largest absolute Gasteiger partial charge is 0.466 e. The Morgan fingerprint density at radius 3 is 2.84 bits per heavy atom. The number of esters is 1. The number of H-pyrrole nitrogens is 1. The number of carbonyl (C=O) groups excluding carboxylic acids is 1. The van der Waals surface area contributed by atoms with Crippen molar-refractivity contribution in [2.75, 3.05) is 17.1 Å². The van der Waals surface area contributed by atoms with Gasteiger partial charge in [0.05, 0.1) is 18.8 Å². The lowest BCUT2D eigenvalue weighted by atomic mass is 10.2. The third-order valence-corrected chi connectivity index (χ3v) is 3.55. The van der Waals surface area contributed by atoms with E-state index in [1.165, 1.54) is 0 Å². The molecular formula is C11H19N3O4S. The number of carbonyl (C=O) groups is 1. The van der Waals surface area contributed by atoms with Crippen LogP contribution in [-0.4, -0.2) is 36.9 Å². The van der Waals surface area contributed by atoms with Crippen LogP contribution in [0.5, 0.6) is 0 Å². The zero-order valence-electron chi connectivity index (χ0n) is 11.1. The molecule has 1 aromatic rings. The number of anilines is 1. The molecule has 2 N–H and O–H groups in total. The molecule has 0 bridgehead atoms. The van der Waals surface area contributed by atoms with Gasteiger partial charge in [-0.2, -0.15) is 5.10 Å². The van der Waals surface area contributed by atoms with Crippen molar-refractivity contribution in [3.63, 3.8) is 0 Å².